The highest BCUT2D eigenvalue weighted by atomic mass is 32.1. The number of pyridine rings is 1. The molecule has 0 spiro atoms. The van der Waals surface area contributed by atoms with Gasteiger partial charge in [0.05, 0.1) is 44.7 Å². The number of nitrogens with two attached hydrogens (primary N) is 2. The largest absolute Gasteiger partial charge is 0.383 e. The molecule has 0 aliphatic rings. The second-order valence-corrected chi connectivity index (χ2v) is 9.89. The van der Waals surface area contributed by atoms with Crippen LogP contribution in [0.5, 0.6) is 0 Å². The zero-order valence-electron chi connectivity index (χ0n) is 19.9. The molecule has 0 aliphatic carbocycles. The van der Waals surface area contributed by atoms with E-state index in [2.05, 4.69) is 19.9 Å². The van der Waals surface area contributed by atoms with E-state index < -0.39 is 0 Å². The highest BCUT2D eigenvalue weighted by Gasteiger charge is 2.25. The highest BCUT2D eigenvalue weighted by molar-refractivity contribution is 7.22. The third-order valence-corrected chi connectivity index (χ3v) is 7.37. The maximum atomic E-state index is 14.3. The molecule has 0 fully saturated rings. The Morgan fingerprint density at radius 3 is 2.76 bits per heavy atom. The van der Waals surface area contributed by atoms with Gasteiger partial charge in [-0.15, -0.1) is 0 Å². The fourth-order valence-electron chi connectivity index (χ4n) is 4.77. The average Bonchev–Trinajstić information content (AvgIpc) is 3.61. The van der Waals surface area contributed by atoms with E-state index >= 15 is 0 Å². The van der Waals surface area contributed by atoms with Crippen molar-refractivity contribution in [2.45, 2.75) is 13.0 Å². The minimum absolute atomic E-state index is 0.320. The van der Waals surface area contributed by atoms with Gasteiger partial charge in [0.1, 0.15) is 23.7 Å². The fourth-order valence-corrected chi connectivity index (χ4v) is 5.54. The monoisotopic (exact) mass is 522 g/mol. The predicted molar refractivity (Wildman–Crippen MR) is 145 cm³/mol. The Labute approximate surface area is 218 Å². The lowest BCUT2D eigenvalue weighted by Gasteiger charge is -2.11. The normalized spacial score (nSPS) is 12.6. The smallest absolute Gasteiger partial charge is 0.181 e. The van der Waals surface area contributed by atoms with Crippen LogP contribution in [0.15, 0.2) is 67.3 Å². The Morgan fingerprint density at radius 2 is 1.92 bits per heavy atom. The van der Waals surface area contributed by atoms with Gasteiger partial charge in [0.2, 0.25) is 0 Å². The van der Waals surface area contributed by atoms with Gasteiger partial charge in [-0.3, -0.25) is 4.98 Å². The van der Waals surface area contributed by atoms with Gasteiger partial charge >= 0.3 is 0 Å². The van der Waals surface area contributed by atoms with Crippen molar-refractivity contribution in [1.29, 1.82) is 0 Å². The lowest BCUT2D eigenvalue weighted by Crippen LogP contribution is -2.11. The van der Waals surface area contributed by atoms with Crippen LogP contribution < -0.4 is 11.5 Å². The van der Waals surface area contributed by atoms with E-state index in [4.69, 9.17) is 21.7 Å². The Balaban J connectivity index is 1.44. The maximum Gasteiger partial charge on any atom is 0.181 e. The summed E-state index contributed by atoms with van der Waals surface area (Å²) in [7, 11) is 0. The molecule has 1 unspecified atom stereocenters. The first kappa shape index (κ1) is 22.2. The summed E-state index contributed by atoms with van der Waals surface area (Å²) in [5.41, 5.74) is 17.2. The molecular formula is C26H19FN10S. The Bertz CT molecular complexity index is 1990. The zero-order valence-corrected chi connectivity index (χ0v) is 20.8. The number of aromatic nitrogens is 8. The molecule has 4 N–H and O–H groups in total. The van der Waals surface area contributed by atoms with E-state index in [1.165, 1.54) is 29.8 Å². The van der Waals surface area contributed by atoms with Gasteiger partial charge in [0.25, 0.3) is 0 Å². The standard InChI is InChI=1S/C26H19FN10S/c1-13(22-17-6-5-15(27)10-19(17)37(34-22)16-3-2-8-30-11-16)36-25-21(24(28)31-12-32-25)23(35-36)14-4-7-18-20(9-14)38-26(29)33-18/h2-13H,1H3,(H2,29,33)(H2,28,31,32). The second-order valence-electron chi connectivity index (χ2n) is 8.83. The van der Waals surface area contributed by atoms with E-state index in [0.717, 1.165) is 26.9 Å². The van der Waals surface area contributed by atoms with Gasteiger partial charge in [0, 0.05) is 23.2 Å². The van der Waals surface area contributed by atoms with E-state index in [-0.39, 0.29) is 11.9 Å². The lowest BCUT2D eigenvalue weighted by molar-refractivity contribution is 0.564. The number of hydrogen-bond acceptors (Lipinski definition) is 9. The molecule has 5 heterocycles. The summed E-state index contributed by atoms with van der Waals surface area (Å²) >= 11 is 1.40. The number of hydrogen-bond donors (Lipinski definition) is 2. The van der Waals surface area contributed by atoms with Gasteiger partial charge < -0.3 is 11.5 Å². The van der Waals surface area contributed by atoms with Crippen LogP contribution in [0.25, 0.3) is 49.1 Å². The van der Waals surface area contributed by atoms with Crippen molar-refractivity contribution in [3.05, 3.63) is 78.8 Å². The number of anilines is 2. The molecule has 5 aromatic heterocycles. The number of halogens is 1. The highest BCUT2D eigenvalue weighted by Crippen LogP contribution is 2.37. The van der Waals surface area contributed by atoms with Gasteiger partial charge in [-0.05, 0) is 43.3 Å². The fraction of sp³-hybridized carbons (Fsp3) is 0.0769. The summed E-state index contributed by atoms with van der Waals surface area (Å²) < 4.78 is 18.7. The van der Waals surface area contributed by atoms with E-state index in [0.29, 0.717) is 38.9 Å². The molecule has 7 aromatic rings. The summed E-state index contributed by atoms with van der Waals surface area (Å²) in [6, 6.07) is 13.8. The third-order valence-electron chi connectivity index (χ3n) is 6.52. The molecule has 0 bridgehead atoms. The van der Waals surface area contributed by atoms with Crippen molar-refractivity contribution in [3.8, 4) is 16.9 Å². The van der Waals surface area contributed by atoms with Crippen LogP contribution in [0, 0.1) is 5.82 Å². The van der Waals surface area contributed by atoms with Crippen LogP contribution in [0.1, 0.15) is 18.7 Å². The number of rotatable bonds is 4. The summed E-state index contributed by atoms with van der Waals surface area (Å²) in [6.45, 7) is 1.97. The molecular weight excluding hydrogens is 503 g/mol. The Kier molecular flexibility index (Phi) is 4.85. The first-order valence-electron chi connectivity index (χ1n) is 11.7. The molecule has 0 aliphatic heterocycles. The van der Waals surface area contributed by atoms with Crippen molar-refractivity contribution in [3.63, 3.8) is 0 Å². The second kappa shape index (κ2) is 8.28. The quantitative estimate of drug-likeness (QED) is 0.338. The van der Waals surface area contributed by atoms with Gasteiger partial charge in [-0.1, -0.05) is 17.4 Å². The van der Waals surface area contributed by atoms with Crippen molar-refractivity contribution in [1.82, 2.24) is 39.5 Å². The van der Waals surface area contributed by atoms with Crippen molar-refractivity contribution in [2.24, 2.45) is 0 Å². The van der Waals surface area contributed by atoms with Gasteiger partial charge in [-0.25, -0.2) is 28.7 Å². The van der Waals surface area contributed by atoms with Crippen LogP contribution in [0.2, 0.25) is 0 Å². The molecule has 38 heavy (non-hydrogen) atoms. The van der Waals surface area contributed by atoms with Gasteiger partial charge in [0.15, 0.2) is 10.8 Å². The number of nitrogen functional groups attached to an aromatic ring is 2. The third kappa shape index (κ3) is 3.38. The number of benzene rings is 2. The molecule has 0 amide bonds. The predicted octanol–water partition coefficient (Wildman–Crippen LogP) is 4.75. The average molecular weight is 523 g/mol. The minimum Gasteiger partial charge on any atom is -0.383 e. The molecule has 12 heteroatoms. The first-order valence-corrected chi connectivity index (χ1v) is 12.5. The number of thiazole rings is 1. The molecule has 0 radical (unpaired) electrons. The number of fused-ring (bicyclic) bond motifs is 3. The summed E-state index contributed by atoms with van der Waals surface area (Å²) in [4.78, 5) is 17.3. The molecule has 10 nitrogen and oxygen atoms in total. The van der Waals surface area contributed by atoms with E-state index in [1.54, 1.807) is 27.8 Å². The SMILES string of the molecule is CC(c1nn(-c2cccnc2)c2cc(F)ccc12)n1nc(-c2ccc3nc(N)sc3c2)c2c(N)ncnc21. The zero-order chi connectivity index (χ0) is 26.0. The Morgan fingerprint density at radius 1 is 1.03 bits per heavy atom. The summed E-state index contributed by atoms with van der Waals surface area (Å²) in [5.74, 6) is -0.0339. The van der Waals surface area contributed by atoms with Crippen molar-refractivity contribution < 1.29 is 4.39 Å². The van der Waals surface area contributed by atoms with Crippen LogP contribution >= 0.6 is 11.3 Å². The van der Waals surface area contributed by atoms with Crippen LogP contribution in [-0.4, -0.2) is 39.5 Å². The van der Waals surface area contributed by atoms with Crippen LogP contribution in [0.3, 0.4) is 0 Å². The molecule has 2 aromatic carbocycles. The number of nitrogens with zero attached hydrogens (tertiary/aromatic N) is 8. The topological polar surface area (TPSA) is 139 Å². The van der Waals surface area contributed by atoms with Gasteiger partial charge in [-0.2, -0.15) is 10.2 Å². The molecule has 1 atom stereocenters. The summed E-state index contributed by atoms with van der Waals surface area (Å²) in [5, 5.41) is 11.8. The maximum absolute atomic E-state index is 14.3. The summed E-state index contributed by atoms with van der Waals surface area (Å²) in [6.07, 6.45) is 4.78. The van der Waals surface area contributed by atoms with Crippen molar-refractivity contribution >= 4 is 54.4 Å². The molecule has 186 valence electrons. The molecule has 0 saturated heterocycles. The lowest BCUT2D eigenvalue weighted by atomic mass is 10.1. The van der Waals surface area contributed by atoms with Crippen LogP contribution in [-0.2, 0) is 0 Å². The van der Waals surface area contributed by atoms with Crippen LogP contribution in [0.4, 0.5) is 15.3 Å². The Hall–Kier alpha value is -4.97. The first-order chi connectivity index (χ1) is 18.5. The van der Waals surface area contributed by atoms with Crippen molar-refractivity contribution in [2.75, 3.05) is 11.5 Å². The van der Waals surface area contributed by atoms with E-state index in [1.807, 2.05) is 37.3 Å². The molecule has 7 rings (SSSR count). The van der Waals surface area contributed by atoms with E-state index in [9.17, 15) is 4.39 Å². The minimum atomic E-state index is -0.380. The molecule has 0 saturated carbocycles.